The quantitative estimate of drug-likeness (QED) is 0.827. The average Bonchev–Trinajstić information content (AvgIpc) is 2.32. The number of hydrogen-bond donors (Lipinski definition) is 2. The Bertz CT molecular complexity index is 297. The second kappa shape index (κ2) is 3.57. The van der Waals surface area contributed by atoms with Crippen molar-refractivity contribution in [2.45, 2.75) is 6.92 Å². The van der Waals surface area contributed by atoms with Crippen molar-refractivity contribution in [1.82, 2.24) is 10.2 Å². The zero-order valence-electron chi connectivity index (χ0n) is 6.30. The third kappa shape index (κ3) is 1.58. The van der Waals surface area contributed by atoms with E-state index in [0.29, 0.717) is 11.2 Å². The maximum Gasteiger partial charge on any atom is 0.344 e. The van der Waals surface area contributed by atoms with Crippen LogP contribution in [0.3, 0.4) is 0 Å². The first-order chi connectivity index (χ1) is 5.66. The number of ether oxygens (including phenoxy) is 1. The van der Waals surface area contributed by atoms with E-state index in [1.807, 2.05) is 0 Å². The number of carbonyl (C=O) groups is 1. The van der Waals surface area contributed by atoms with Crippen LogP contribution in [0, 0.1) is 0 Å². The lowest BCUT2D eigenvalue weighted by Gasteiger charge is -1.97. The lowest BCUT2D eigenvalue weighted by molar-refractivity contribution is 0.0691. The van der Waals surface area contributed by atoms with Crippen LogP contribution in [-0.4, -0.2) is 27.9 Å². The van der Waals surface area contributed by atoms with Crippen molar-refractivity contribution in [3.05, 3.63) is 10.2 Å². The van der Waals surface area contributed by atoms with Crippen LogP contribution in [0.1, 0.15) is 17.3 Å². The van der Waals surface area contributed by atoms with Gasteiger partial charge in [-0.1, -0.05) is 0 Å². The standard InChI is InChI=1S/C6H7BrN2O3/c1-2-12-5-3(6(10)11)4(7)8-9-5/h2H2,1H3,(H,8,9)(H,10,11). The first kappa shape index (κ1) is 9.05. The minimum absolute atomic E-state index is 0.0249. The minimum Gasteiger partial charge on any atom is -0.477 e. The largest absolute Gasteiger partial charge is 0.477 e. The Morgan fingerprint density at radius 2 is 2.50 bits per heavy atom. The predicted octanol–water partition coefficient (Wildman–Crippen LogP) is 1.27. The number of carboxylic acid groups (broad SMARTS) is 1. The molecule has 0 saturated heterocycles. The summed E-state index contributed by atoms with van der Waals surface area (Å²) in [5.41, 5.74) is 0.0249. The zero-order chi connectivity index (χ0) is 9.14. The van der Waals surface area contributed by atoms with Gasteiger partial charge in [0.25, 0.3) is 0 Å². The lowest BCUT2D eigenvalue weighted by atomic mass is 10.3. The van der Waals surface area contributed by atoms with E-state index in [0.717, 1.165) is 0 Å². The van der Waals surface area contributed by atoms with Gasteiger partial charge in [-0.2, -0.15) is 0 Å². The first-order valence-corrected chi connectivity index (χ1v) is 4.06. The molecule has 0 radical (unpaired) electrons. The molecule has 0 spiro atoms. The number of aromatic carboxylic acids is 1. The highest BCUT2D eigenvalue weighted by atomic mass is 79.9. The van der Waals surface area contributed by atoms with Gasteiger partial charge in [-0.05, 0) is 22.9 Å². The van der Waals surface area contributed by atoms with Crippen LogP contribution in [0.2, 0.25) is 0 Å². The Hall–Kier alpha value is -1.04. The second-order valence-electron chi connectivity index (χ2n) is 1.96. The monoisotopic (exact) mass is 234 g/mol. The van der Waals surface area contributed by atoms with Crippen molar-refractivity contribution in [2.75, 3.05) is 6.61 Å². The summed E-state index contributed by atoms with van der Waals surface area (Å²) >= 11 is 3.01. The molecule has 1 aromatic rings. The van der Waals surface area contributed by atoms with E-state index in [1.165, 1.54) is 0 Å². The van der Waals surface area contributed by atoms with Crippen LogP contribution in [0.15, 0.2) is 4.60 Å². The molecule has 6 heteroatoms. The Kier molecular flexibility index (Phi) is 2.69. The number of aromatic amines is 1. The van der Waals surface area contributed by atoms with Gasteiger partial charge in [-0.15, -0.1) is 5.10 Å². The predicted molar refractivity (Wildman–Crippen MR) is 44.4 cm³/mol. The van der Waals surface area contributed by atoms with E-state index in [2.05, 4.69) is 26.1 Å². The SMILES string of the molecule is CCOc1n[nH]c(Br)c1C(=O)O. The summed E-state index contributed by atoms with van der Waals surface area (Å²) in [7, 11) is 0. The number of nitrogens with one attached hydrogen (secondary N) is 1. The lowest BCUT2D eigenvalue weighted by Crippen LogP contribution is -2.01. The van der Waals surface area contributed by atoms with Crippen molar-refractivity contribution < 1.29 is 14.6 Å². The van der Waals surface area contributed by atoms with Gasteiger partial charge in [0, 0.05) is 0 Å². The Morgan fingerprint density at radius 1 is 1.83 bits per heavy atom. The van der Waals surface area contributed by atoms with Gasteiger partial charge in [0.2, 0.25) is 5.88 Å². The molecule has 2 N–H and O–H groups in total. The smallest absolute Gasteiger partial charge is 0.344 e. The van der Waals surface area contributed by atoms with Gasteiger partial charge in [-0.25, -0.2) is 4.79 Å². The normalized spacial score (nSPS) is 9.83. The number of carboxylic acids is 1. The zero-order valence-corrected chi connectivity index (χ0v) is 7.88. The Balaban J connectivity index is 3.04. The third-order valence-corrected chi connectivity index (χ3v) is 1.76. The Labute approximate surface area is 76.9 Å². The number of rotatable bonds is 3. The van der Waals surface area contributed by atoms with E-state index in [9.17, 15) is 4.79 Å². The van der Waals surface area contributed by atoms with Crippen molar-refractivity contribution in [3.63, 3.8) is 0 Å². The molecule has 0 amide bonds. The molecule has 0 saturated carbocycles. The molecule has 12 heavy (non-hydrogen) atoms. The van der Waals surface area contributed by atoms with E-state index in [-0.39, 0.29) is 11.4 Å². The molecule has 0 atom stereocenters. The highest BCUT2D eigenvalue weighted by Gasteiger charge is 2.18. The van der Waals surface area contributed by atoms with E-state index in [4.69, 9.17) is 9.84 Å². The molecule has 1 aromatic heterocycles. The number of halogens is 1. The summed E-state index contributed by atoms with van der Waals surface area (Å²) in [4.78, 5) is 10.6. The summed E-state index contributed by atoms with van der Waals surface area (Å²) < 4.78 is 5.28. The minimum atomic E-state index is -1.07. The molecule has 0 aliphatic heterocycles. The van der Waals surface area contributed by atoms with Gasteiger partial charge in [0.15, 0.2) is 5.56 Å². The summed E-state index contributed by atoms with van der Waals surface area (Å²) in [6.45, 7) is 2.14. The van der Waals surface area contributed by atoms with E-state index in [1.54, 1.807) is 6.92 Å². The maximum absolute atomic E-state index is 10.6. The number of H-pyrrole nitrogens is 1. The van der Waals surface area contributed by atoms with Gasteiger partial charge < -0.3 is 9.84 Å². The Morgan fingerprint density at radius 3 is 3.00 bits per heavy atom. The molecule has 0 aromatic carbocycles. The highest BCUT2D eigenvalue weighted by Crippen LogP contribution is 2.23. The first-order valence-electron chi connectivity index (χ1n) is 3.26. The molecule has 1 rings (SSSR count). The second-order valence-corrected chi connectivity index (χ2v) is 2.75. The number of hydrogen-bond acceptors (Lipinski definition) is 3. The molecule has 0 aliphatic rings. The summed E-state index contributed by atoms with van der Waals surface area (Å²) in [6, 6.07) is 0. The molecule has 5 nitrogen and oxygen atoms in total. The fourth-order valence-electron chi connectivity index (χ4n) is 0.732. The van der Waals surface area contributed by atoms with Gasteiger partial charge in [0.05, 0.1) is 6.61 Å². The van der Waals surface area contributed by atoms with Crippen LogP contribution in [0.4, 0.5) is 0 Å². The summed E-state index contributed by atoms with van der Waals surface area (Å²) in [5, 5.41) is 14.8. The molecular weight excluding hydrogens is 228 g/mol. The van der Waals surface area contributed by atoms with Crippen LogP contribution in [-0.2, 0) is 0 Å². The van der Waals surface area contributed by atoms with Gasteiger partial charge in [0.1, 0.15) is 4.60 Å². The fourth-order valence-corrected chi connectivity index (χ4v) is 1.16. The van der Waals surface area contributed by atoms with E-state index < -0.39 is 5.97 Å². The fraction of sp³-hybridized carbons (Fsp3) is 0.333. The average molecular weight is 235 g/mol. The van der Waals surface area contributed by atoms with E-state index >= 15 is 0 Å². The maximum atomic E-state index is 10.6. The topological polar surface area (TPSA) is 75.2 Å². The molecule has 0 aliphatic carbocycles. The highest BCUT2D eigenvalue weighted by molar-refractivity contribution is 9.10. The molecule has 1 heterocycles. The molecule has 0 bridgehead atoms. The van der Waals surface area contributed by atoms with Crippen LogP contribution in [0.5, 0.6) is 5.88 Å². The summed E-state index contributed by atoms with van der Waals surface area (Å²) in [6.07, 6.45) is 0. The molecule has 0 unspecified atom stereocenters. The van der Waals surface area contributed by atoms with Crippen molar-refractivity contribution in [3.8, 4) is 5.88 Å². The number of nitrogens with zero attached hydrogens (tertiary/aromatic N) is 1. The molecule has 66 valence electrons. The van der Waals surface area contributed by atoms with Crippen LogP contribution >= 0.6 is 15.9 Å². The van der Waals surface area contributed by atoms with Gasteiger partial charge >= 0.3 is 5.97 Å². The molecular formula is C6H7BrN2O3. The third-order valence-electron chi connectivity index (χ3n) is 1.18. The van der Waals surface area contributed by atoms with Crippen molar-refractivity contribution in [2.24, 2.45) is 0 Å². The van der Waals surface area contributed by atoms with Gasteiger partial charge in [-0.3, -0.25) is 5.10 Å². The summed E-state index contributed by atoms with van der Waals surface area (Å²) in [5.74, 6) is -0.962. The van der Waals surface area contributed by atoms with Crippen LogP contribution in [0.25, 0.3) is 0 Å². The number of aromatic nitrogens is 2. The van der Waals surface area contributed by atoms with Crippen molar-refractivity contribution >= 4 is 21.9 Å². The molecule has 0 fully saturated rings. The van der Waals surface area contributed by atoms with Crippen LogP contribution < -0.4 is 4.74 Å². The van der Waals surface area contributed by atoms with Crippen molar-refractivity contribution in [1.29, 1.82) is 0 Å².